The van der Waals surface area contributed by atoms with E-state index in [2.05, 4.69) is 22.9 Å². The van der Waals surface area contributed by atoms with Crippen LogP contribution in [0.5, 0.6) is 0 Å². The van der Waals surface area contributed by atoms with Crippen molar-refractivity contribution < 1.29 is 4.74 Å². The standard InChI is InChI=1S/C13H19ClN2O/c1-3-12-9-17-5-4-16(12)13-6-10(2)15-8-11(13)7-14/h6,8,12H,3-5,7,9H2,1-2H3. The Hall–Kier alpha value is -0.800. The van der Waals surface area contributed by atoms with Crippen LogP contribution in [0.2, 0.25) is 0 Å². The van der Waals surface area contributed by atoms with E-state index in [1.54, 1.807) is 0 Å². The van der Waals surface area contributed by atoms with E-state index in [9.17, 15) is 0 Å². The second-order valence-corrected chi connectivity index (χ2v) is 4.69. The molecule has 1 unspecified atom stereocenters. The molecule has 0 amide bonds. The molecule has 3 nitrogen and oxygen atoms in total. The summed E-state index contributed by atoms with van der Waals surface area (Å²) < 4.78 is 5.54. The Kier molecular flexibility index (Phi) is 4.24. The van der Waals surface area contributed by atoms with Crippen LogP contribution in [0.4, 0.5) is 5.69 Å². The van der Waals surface area contributed by atoms with Gasteiger partial charge in [0.1, 0.15) is 0 Å². The van der Waals surface area contributed by atoms with Crippen molar-refractivity contribution in [3.63, 3.8) is 0 Å². The quantitative estimate of drug-likeness (QED) is 0.776. The molecular formula is C13H19ClN2O. The average molecular weight is 255 g/mol. The number of hydrogen-bond acceptors (Lipinski definition) is 3. The summed E-state index contributed by atoms with van der Waals surface area (Å²) in [5, 5.41) is 0. The lowest BCUT2D eigenvalue weighted by Crippen LogP contribution is -2.45. The number of alkyl halides is 1. The lowest BCUT2D eigenvalue weighted by atomic mass is 10.1. The number of aryl methyl sites for hydroxylation is 1. The van der Waals surface area contributed by atoms with Crippen molar-refractivity contribution in [3.8, 4) is 0 Å². The van der Waals surface area contributed by atoms with E-state index < -0.39 is 0 Å². The van der Waals surface area contributed by atoms with E-state index in [1.807, 2.05) is 13.1 Å². The first kappa shape index (κ1) is 12.7. The zero-order valence-corrected chi connectivity index (χ0v) is 11.2. The van der Waals surface area contributed by atoms with Gasteiger partial charge in [0.2, 0.25) is 0 Å². The Labute approximate surface area is 108 Å². The van der Waals surface area contributed by atoms with Gasteiger partial charge in [0.15, 0.2) is 0 Å². The molecule has 0 N–H and O–H groups in total. The fraction of sp³-hybridized carbons (Fsp3) is 0.615. The van der Waals surface area contributed by atoms with Crippen LogP contribution in [0.25, 0.3) is 0 Å². The first-order valence-electron chi connectivity index (χ1n) is 6.12. The summed E-state index contributed by atoms with van der Waals surface area (Å²) in [5.41, 5.74) is 3.37. The summed E-state index contributed by atoms with van der Waals surface area (Å²) in [4.78, 5) is 6.73. The number of halogens is 1. The lowest BCUT2D eigenvalue weighted by Gasteiger charge is -2.38. The molecule has 0 spiro atoms. The third-order valence-electron chi connectivity index (χ3n) is 3.25. The van der Waals surface area contributed by atoms with Gasteiger partial charge in [-0.25, -0.2) is 0 Å². The zero-order chi connectivity index (χ0) is 12.3. The van der Waals surface area contributed by atoms with E-state index in [1.165, 1.54) is 5.69 Å². The Bertz CT molecular complexity index is 384. The van der Waals surface area contributed by atoms with Crippen LogP contribution in [0.15, 0.2) is 12.3 Å². The first-order valence-corrected chi connectivity index (χ1v) is 6.65. The summed E-state index contributed by atoms with van der Waals surface area (Å²) >= 11 is 6.00. The predicted molar refractivity (Wildman–Crippen MR) is 70.8 cm³/mol. The molecule has 1 aliphatic rings. The maximum atomic E-state index is 6.00. The molecule has 1 fully saturated rings. The van der Waals surface area contributed by atoms with Gasteiger partial charge >= 0.3 is 0 Å². The Morgan fingerprint density at radius 2 is 2.41 bits per heavy atom. The molecule has 94 valence electrons. The summed E-state index contributed by atoms with van der Waals surface area (Å²) in [7, 11) is 0. The minimum Gasteiger partial charge on any atom is -0.377 e. The van der Waals surface area contributed by atoms with E-state index in [4.69, 9.17) is 16.3 Å². The van der Waals surface area contributed by atoms with Gasteiger partial charge < -0.3 is 9.64 Å². The molecular weight excluding hydrogens is 236 g/mol. The normalized spacial score (nSPS) is 20.6. The lowest BCUT2D eigenvalue weighted by molar-refractivity contribution is 0.0929. The van der Waals surface area contributed by atoms with E-state index in [0.29, 0.717) is 11.9 Å². The largest absolute Gasteiger partial charge is 0.377 e. The number of hydrogen-bond donors (Lipinski definition) is 0. The number of ether oxygens (including phenoxy) is 1. The molecule has 1 aliphatic heterocycles. The highest BCUT2D eigenvalue weighted by atomic mass is 35.5. The van der Waals surface area contributed by atoms with Crippen molar-refractivity contribution in [1.82, 2.24) is 4.98 Å². The Morgan fingerprint density at radius 1 is 1.59 bits per heavy atom. The summed E-state index contributed by atoms with van der Waals surface area (Å²) in [6, 6.07) is 2.58. The third-order valence-corrected chi connectivity index (χ3v) is 3.54. The van der Waals surface area contributed by atoms with Gasteiger partial charge in [-0.15, -0.1) is 11.6 Å². The van der Waals surface area contributed by atoms with Crippen molar-refractivity contribution in [2.24, 2.45) is 0 Å². The molecule has 17 heavy (non-hydrogen) atoms. The molecule has 0 radical (unpaired) electrons. The molecule has 0 aliphatic carbocycles. The van der Waals surface area contributed by atoms with Crippen LogP contribution in [0.1, 0.15) is 24.6 Å². The van der Waals surface area contributed by atoms with Gasteiger partial charge in [0, 0.05) is 29.7 Å². The van der Waals surface area contributed by atoms with E-state index in [-0.39, 0.29) is 0 Å². The molecule has 0 bridgehead atoms. The highest BCUT2D eigenvalue weighted by Gasteiger charge is 2.23. The summed E-state index contributed by atoms with van der Waals surface area (Å²) in [6.07, 6.45) is 2.98. The highest BCUT2D eigenvalue weighted by molar-refractivity contribution is 6.17. The van der Waals surface area contributed by atoms with Crippen molar-refractivity contribution in [1.29, 1.82) is 0 Å². The van der Waals surface area contributed by atoms with Crippen LogP contribution >= 0.6 is 11.6 Å². The predicted octanol–water partition coefficient (Wildman–Crippen LogP) is 2.74. The van der Waals surface area contributed by atoms with Gasteiger partial charge in [-0.3, -0.25) is 4.98 Å². The van der Waals surface area contributed by atoms with Crippen molar-refractivity contribution >= 4 is 17.3 Å². The van der Waals surface area contributed by atoms with Crippen molar-refractivity contribution in [2.75, 3.05) is 24.7 Å². The molecule has 2 rings (SSSR count). The topological polar surface area (TPSA) is 25.4 Å². The number of morpholine rings is 1. The third kappa shape index (κ3) is 2.72. The minimum atomic E-state index is 0.451. The molecule has 1 saturated heterocycles. The van der Waals surface area contributed by atoms with Gasteiger partial charge in [0.05, 0.1) is 25.1 Å². The molecule has 1 atom stereocenters. The molecule has 1 aromatic heterocycles. The van der Waals surface area contributed by atoms with Crippen LogP contribution in [-0.4, -0.2) is 30.8 Å². The van der Waals surface area contributed by atoms with Crippen LogP contribution in [-0.2, 0) is 10.6 Å². The number of nitrogens with zero attached hydrogens (tertiary/aromatic N) is 2. The number of rotatable bonds is 3. The average Bonchev–Trinajstić information content (AvgIpc) is 2.38. The van der Waals surface area contributed by atoms with Gasteiger partial charge in [-0.2, -0.15) is 0 Å². The summed E-state index contributed by atoms with van der Waals surface area (Å²) in [6.45, 7) is 6.74. The molecule has 4 heteroatoms. The second kappa shape index (κ2) is 5.69. The van der Waals surface area contributed by atoms with Crippen LogP contribution in [0, 0.1) is 6.92 Å². The number of anilines is 1. The fourth-order valence-corrected chi connectivity index (χ4v) is 2.46. The van der Waals surface area contributed by atoms with Gasteiger partial charge in [-0.1, -0.05) is 6.92 Å². The van der Waals surface area contributed by atoms with E-state index in [0.717, 1.165) is 37.4 Å². The SMILES string of the molecule is CCC1COCCN1c1cc(C)ncc1CCl. The van der Waals surface area contributed by atoms with Crippen molar-refractivity contribution in [3.05, 3.63) is 23.5 Å². The molecule has 0 saturated carbocycles. The smallest absolute Gasteiger partial charge is 0.0670 e. The molecule has 2 heterocycles. The second-order valence-electron chi connectivity index (χ2n) is 4.42. The van der Waals surface area contributed by atoms with Gasteiger partial charge in [0.25, 0.3) is 0 Å². The zero-order valence-electron chi connectivity index (χ0n) is 10.4. The van der Waals surface area contributed by atoms with Crippen molar-refractivity contribution in [2.45, 2.75) is 32.2 Å². The monoisotopic (exact) mass is 254 g/mol. The minimum absolute atomic E-state index is 0.451. The van der Waals surface area contributed by atoms with Gasteiger partial charge in [-0.05, 0) is 19.4 Å². The first-order chi connectivity index (χ1) is 8.26. The fourth-order valence-electron chi connectivity index (χ4n) is 2.25. The number of pyridine rings is 1. The maximum Gasteiger partial charge on any atom is 0.0670 e. The highest BCUT2D eigenvalue weighted by Crippen LogP contribution is 2.26. The van der Waals surface area contributed by atoms with E-state index >= 15 is 0 Å². The Balaban J connectivity index is 2.33. The Morgan fingerprint density at radius 3 is 3.12 bits per heavy atom. The maximum absolute atomic E-state index is 6.00. The number of aromatic nitrogens is 1. The molecule has 1 aromatic rings. The summed E-state index contributed by atoms with van der Waals surface area (Å²) in [5.74, 6) is 0.510. The van der Waals surface area contributed by atoms with Crippen LogP contribution in [0.3, 0.4) is 0 Å². The molecule has 0 aromatic carbocycles. The van der Waals surface area contributed by atoms with Crippen LogP contribution < -0.4 is 4.90 Å².